The van der Waals surface area contributed by atoms with Crippen LogP contribution in [0.25, 0.3) is 10.9 Å². The molecule has 2 aliphatic rings. The number of benzene rings is 2. The van der Waals surface area contributed by atoms with Crippen molar-refractivity contribution in [2.24, 2.45) is 0 Å². The van der Waals surface area contributed by atoms with E-state index in [9.17, 15) is 9.90 Å². The summed E-state index contributed by atoms with van der Waals surface area (Å²) in [6.45, 7) is 3.69. The van der Waals surface area contributed by atoms with Crippen molar-refractivity contribution in [3.05, 3.63) is 58.3 Å². The number of aromatic nitrogens is 1. The molecule has 2 N–H and O–H groups in total. The van der Waals surface area contributed by atoms with Gasteiger partial charge in [-0.2, -0.15) is 0 Å². The molecule has 162 valence electrons. The molecule has 2 aromatic carbocycles. The molecule has 0 saturated carbocycles. The van der Waals surface area contributed by atoms with E-state index in [2.05, 4.69) is 28.9 Å². The number of hydrogen-bond donors (Lipinski definition) is 2. The van der Waals surface area contributed by atoms with Gasteiger partial charge >= 0.3 is 5.97 Å². The lowest BCUT2D eigenvalue weighted by Gasteiger charge is -2.41. The average Bonchev–Trinajstić information content (AvgIpc) is 3.16. The monoisotopic (exact) mass is 420 g/mol. The van der Waals surface area contributed by atoms with E-state index in [1.54, 1.807) is 7.11 Å². The van der Waals surface area contributed by atoms with Crippen molar-refractivity contribution in [3.63, 3.8) is 0 Å². The Labute approximate surface area is 181 Å². The number of carboxylic acid groups (broad SMARTS) is 1. The summed E-state index contributed by atoms with van der Waals surface area (Å²) in [5.41, 5.74) is 5.49. The summed E-state index contributed by atoms with van der Waals surface area (Å²) >= 11 is 0. The first kappa shape index (κ1) is 19.9. The second-order valence-electron chi connectivity index (χ2n) is 8.46. The second kappa shape index (κ2) is 7.93. The summed E-state index contributed by atoms with van der Waals surface area (Å²) in [6.07, 6.45) is 4.69. The molecule has 6 heteroatoms. The Morgan fingerprint density at radius 1 is 1.29 bits per heavy atom. The Morgan fingerprint density at radius 3 is 2.94 bits per heavy atom. The van der Waals surface area contributed by atoms with Crippen LogP contribution in [-0.4, -0.2) is 34.6 Å². The number of aryl methyl sites for hydroxylation is 1. The topological polar surface area (TPSA) is 74.8 Å². The minimum absolute atomic E-state index is 0.157. The minimum atomic E-state index is -0.871. The molecule has 0 spiro atoms. The van der Waals surface area contributed by atoms with Crippen LogP contribution in [-0.2, 0) is 19.4 Å². The number of ether oxygens (including phenoxy) is 2. The van der Waals surface area contributed by atoms with Crippen LogP contribution in [0.4, 0.5) is 0 Å². The van der Waals surface area contributed by atoms with E-state index in [-0.39, 0.29) is 6.23 Å². The minimum Gasteiger partial charge on any atom is -0.497 e. The van der Waals surface area contributed by atoms with Gasteiger partial charge in [0.05, 0.1) is 12.7 Å². The van der Waals surface area contributed by atoms with E-state index in [4.69, 9.17) is 9.47 Å². The standard InChI is InChI=1S/C25H28N2O4/c1-3-4-5-6-19-23(25(28)29)22-18-14-27-12-11-15-13-16(30-2)7-8-17(15)24(27)31-21(18)10-9-20(22)26-19/h7-10,13,24,26H,3-6,11-12,14H2,1-2H3,(H,28,29). The van der Waals surface area contributed by atoms with Gasteiger partial charge in [-0.1, -0.05) is 19.8 Å². The fourth-order valence-corrected chi connectivity index (χ4v) is 5.00. The van der Waals surface area contributed by atoms with Crippen LogP contribution in [0, 0.1) is 0 Å². The molecule has 0 fully saturated rings. The van der Waals surface area contributed by atoms with Crippen LogP contribution in [0.2, 0.25) is 0 Å². The number of methoxy groups -OCH3 is 1. The predicted molar refractivity (Wildman–Crippen MR) is 119 cm³/mol. The van der Waals surface area contributed by atoms with E-state index >= 15 is 0 Å². The van der Waals surface area contributed by atoms with Gasteiger partial charge in [0.15, 0.2) is 6.23 Å². The molecule has 0 amide bonds. The lowest BCUT2D eigenvalue weighted by atomic mass is 9.94. The quantitative estimate of drug-likeness (QED) is 0.546. The molecule has 0 radical (unpaired) electrons. The smallest absolute Gasteiger partial charge is 0.338 e. The molecule has 2 aliphatic heterocycles. The fraction of sp³-hybridized carbons (Fsp3) is 0.400. The third-order valence-electron chi connectivity index (χ3n) is 6.57. The summed E-state index contributed by atoms with van der Waals surface area (Å²) in [5.74, 6) is 0.766. The number of unbranched alkanes of at least 4 members (excludes halogenated alkanes) is 2. The molecule has 1 unspecified atom stereocenters. The highest BCUT2D eigenvalue weighted by molar-refractivity contribution is 6.07. The number of H-pyrrole nitrogens is 1. The number of carboxylic acids is 1. The van der Waals surface area contributed by atoms with E-state index < -0.39 is 5.97 Å². The van der Waals surface area contributed by atoms with Gasteiger partial charge in [0.25, 0.3) is 0 Å². The molecular weight excluding hydrogens is 392 g/mol. The Kier molecular flexibility index (Phi) is 5.10. The maximum atomic E-state index is 12.2. The number of rotatable bonds is 6. The van der Waals surface area contributed by atoms with Gasteiger partial charge in [-0.05, 0) is 55.2 Å². The number of hydrogen-bond acceptors (Lipinski definition) is 4. The number of aromatic amines is 1. The van der Waals surface area contributed by atoms with Crippen molar-refractivity contribution in [3.8, 4) is 11.5 Å². The largest absolute Gasteiger partial charge is 0.497 e. The number of nitrogens with zero attached hydrogens (tertiary/aromatic N) is 1. The van der Waals surface area contributed by atoms with Crippen molar-refractivity contribution >= 4 is 16.9 Å². The van der Waals surface area contributed by atoms with E-state index in [0.717, 1.165) is 77.9 Å². The highest BCUT2D eigenvalue weighted by Crippen LogP contribution is 2.43. The molecule has 3 aromatic rings. The molecule has 1 aromatic heterocycles. The maximum Gasteiger partial charge on any atom is 0.338 e. The number of aromatic carboxylic acids is 1. The zero-order chi connectivity index (χ0) is 21.5. The number of carbonyl (C=O) groups is 1. The van der Waals surface area contributed by atoms with Gasteiger partial charge in [-0.25, -0.2) is 4.79 Å². The van der Waals surface area contributed by atoms with Crippen molar-refractivity contribution in [2.75, 3.05) is 13.7 Å². The van der Waals surface area contributed by atoms with Gasteiger partial charge in [0.1, 0.15) is 11.5 Å². The number of nitrogens with one attached hydrogen (secondary N) is 1. The lowest BCUT2D eigenvalue weighted by Crippen LogP contribution is -2.40. The summed E-state index contributed by atoms with van der Waals surface area (Å²) < 4.78 is 11.8. The molecule has 6 nitrogen and oxygen atoms in total. The van der Waals surface area contributed by atoms with E-state index in [0.29, 0.717) is 12.1 Å². The molecule has 0 bridgehead atoms. The summed E-state index contributed by atoms with van der Waals surface area (Å²) in [6, 6.07) is 10.1. The molecule has 0 saturated heterocycles. The second-order valence-corrected chi connectivity index (χ2v) is 8.46. The Morgan fingerprint density at radius 2 is 2.16 bits per heavy atom. The SMILES string of the molecule is CCCCCc1[nH]c2ccc3c(c2c1C(=O)O)CN1CCc2cc(OC)ccc2C1O3. The fourth-order valence-electron chi connectivity index (χ4n) is 5.00. The van der Waals surface area contributed by atoms with Crippen molar-refractivity contribution in [2.45, 2.75) is 51.8 Å². The highest BCUT2D eigenvalue weighted by Gasteiger charge is 2.35. The van der Waals surface area contributed by atoms with Crippen molar-refractivity contribution in [1.29, 1.82) is 0 Å². The summed E-state index contributed by atoms with van der Waals surface area (Å²) in [4.78, 5) is 17.9. The van der Waals surface area contributed by atoms with Crippen molar-refractivity contribution in [1.82, 2.24) is 9.88 Å². The molecule has 31 heavy (non-hydrogen) atoms. The zero-order valence-electron chi connectivity index (χ0n) is 18.0. The predicted octanol–water partition coefficient (Wildman–Crippen LogP) is 5.06. The van der Waals surface area contributed by atoms with Crippen LogP contribution < -0.4 is 9.47 Å². The molecule has 1 atom stereocenters. The first-order chi connectivity index (χ1) is 15.1. The Balaban J connectivity index is 1.56. The van der Waals surface area contributed by atoms with E-state index in [1.807, 2.05) is 18.2 Å². The average molecular weight is 421 g/mol. The first-order valence-corrected chi connectivity index (χ1v) is 11.1. The van der Waals surface area contributed by atoms with Crippen LogP contribution in [0.1, 0.15) is 65.2 Å². The maximum absolute atomic E-state index is 12.2. The molecular formula is C25H28N2O4. The van der Waals surface area contributed by atoms with Gasteiger partial charge in [-0.15, -0.1) is 0 Å². The number of fused-ring (bicyclic) bond motifs is 6. The van der Waals surface area contributed by atoms with Gasteiger partial charge in [-0.3, -0.25) is 4.90 Å². The van der Waals surface area contributed by atoms with Crippen LogP contribution >= 0.6 is 0 Å². The molecule has 5 rings (SSSR count). The lowest BCUT2D eigenvalue weighted by molar-refractivity contribution is -0.00959. The molecule has 3 heterocycles. The Bertz CT molecular complexity index is 1150. The third-order valence-corrected chi connectivity index (χ3v) is 6.57. The third kappa shape index (κ3) is 3.35. The normalized spacial score (nSPS) is 17.5. The first-order valence-electron chi connectivity index (χ1n) is 11.1. The highest BCUT2D eigenvalue weighted by atomic mass is 16.5. The van der Waals surface area contributed by atoms with E-state index in [1.165, 1.54) is 5.56 Å². The van der Waals surface area contributed by atoms with Crippen LogP contribution in [0.5, 0.6) is 11.5 Å². The van der Waals surface area contributed by atoms with Crippen molar-refractivity contribution < 1.29 is 19.4 Å². The molecule has 0 aliphatic carbocycles. The summed E-state index contributed by atoms with van der Waals surface area (Å²) in [7, 11) is 1.68. The Hall–Kier alpha value is -2.99. The van der Waals surface area contributed by atoms with Gasteiger partial charge < -0.3 is 19.6 Å². The zero-order valence-corrected chi connectivity index (χ0v) is 18.0. The van der Waals surface area contributed by atoms with Crippen LogP contribution in [0.3, 0.4) is 0 Å². The van der Waals surface area contributed by atoms with Crippen LogP contribution in [0.15, 0.2) is 30.3 Å². The van der Waals surface area contributed by atoms with Gasteiger partial charge in [0.2, 0.25) is 0 Å². The van der Waals surface area contributed by atoms with Gasteiger partial charge in [0, 0.05) is 40.8 Å². The summed E-state index contributed by atoms with van der Waals surface area (Å²) in [5, 5.41) is 10.8.